The number of thiophene rings is 1. The van der Waals surface area contributed by atoms with Crippen LogP contribution < -0.4 is 5.32 Å². The molecular formula is C19H20N4O4S3. The number of aromatic nitrogens is 2. The van der Waals surface area contributed by atoms with Gasteiger partial charge in [0.15, 0.2) is 0 Å². The van der Waals surface area contributed by atoms with Crippen molar-refractivity contribution in [2.45, 2.75) is 27.7 Å². The highest BCUT2D eigenvalue weighted by atomic mass is 32.2. The Hall–Kier alpha value is -2.21. The lowest BCUT2D eigenvalue weighted by molar-refractivity contribution is -0.121. The molecule has 158 valence electrons. The third kappa shape index (κ3) is 4.91. The lowest BCUT2D eigenvalue weighted by Gasteiger charge is -2.29. The van der Waals surface area contributed by atoms with Crippen molar-refractivity contribution in [3.05, 3.63) is 53.7 Å². The molecule has 11 heteroatoms. The number of piperidine rings is 1. The first kappa shape index (κ1) is 21.0. The van der Waals surface area contributed by atoms with Gasteiger partial charge in [0.2, 0.25) is 11.8 Å². The first-order chi connectivity index (χ1) is 14.5. The molecule has 3 aromatic rings. The molecule has 0 bridgehead atoms. The zero-order chi connectivity index (χ0) is 21.0. The fraction of sp³-hybridized carbons (Fsp3) is 0.316. The van der Waals surface area contributed by atoms with Gasteiger partial charge in [0, 0.05) is 23.9 Å². The largest absolute Gasteiger partial charge is 0.407 e. The van der Waals surface area contributed by atoms with Gasteiger partial charge in [0.1, 0.15) is 4.21 Å². The van der Waals surface area contributed by atoms with Gasteiger partial charge in [0.05, 0.1) is 5.75 Å². The van der Waals surface area contributed by atoms with Crippen LogP contribution >= 0.6 is 23.1 Å². The summed E-state index contributed by atoms with van der Waals surface area (Å²) in [5.74, 6) is 0.408. The quantitative estimate of drug-likeness (QED) is 0.534. The van der Waals surface area contributed by atoms with E-state index >= 15 is 0 Å². The van der Waals surface area contributed by atoms with Crippen molar-refractivity contribution >= 4 is 45.0 Å². The molecule has 1 amide bonds. The van der Waals surface area contributed by atoms with E-state index in [0.29, 0.717) is 41.8 Å². The van der Waals surface area contributed by atoms with E-state index in [-0.39, 0.29) is 17.8 Å². The smallest absolute Gasteiger partial charge is 0.322 e. The molecular weight excluding hydrogens is 444 g/mol. The van der Waals surface area contributed by atoms with Crippen LogP contribution in [0.5, 0.6) is 0 Å². The number of anilines is 1. The van der Waals surface area contributed by atoms with Gasteiger partial charge in [0.25, 0.3) is 10.0 Å². The van der Waals surface area contributed by atoms with Crippen molar-refractivity contribution in [2.75, 3.05) is 18.4 Å². The number of hydrogen-bond acceptors (Lipinski definition) is 8. The minimum absolute atomic E-state index is 0.0669. The molecule has 0 radical (unpaired) electrons. The second-order valence-corrected chi connectivity index (χ2v) is 10.9. The summed E-state index contributed by atoms with van der Waals surface area (Å²) in [4.78, 5) is 13.6. The topological polar surface area (TPSA) is 105 Å². The summed E-state index contributed by atoms with van der Waals surface area (Å²) in [7, 11) is -3.48. The second kappa shape index (κ2) is 9.29. The van der Waals surface area contributed by atoms with Crippen molar-refractivity contribution < 1.29 is 17.6 Å². The summed E-state index contributed by atoms with van der Waals surface area (Å²) in [5.41, 5.74) is 0. The zero-order valence-electron chi connectivity index (χ0n) is 15.9. The van der Waals surface area contributed by atoms with Crippen molar-refractivity contribution in [3.63, 3.8) is 0 Å². The highest BCUT2D eigenvalue weighted by Gasteiger charge is 2.33. The van der Waals surface area contributed by atoms with Crippen LogP contribution in [0.3, 0.4) is 0 Å². The number of sulfonamides is 1. The van der Waals surface area contributed by atoms with Crippen LogP contribution in [0.4, 0.5) is 6.01 Å². The molecule has 2 aromatic heterocycles. The molecule has 30 heavy (non-hydrogen) atoms. The van der Waals surface area contributed by atoms with Crippen LogP contribution in [0.25, 0.3) is 0 Å². The molecule has 1 fully saturated rings. The van der Waals surface area contributed by atoms with Crippen LogP contribution in [-0.4, -0.2) is 41.9 Å². The summed E-state index contributed by atoms with van der Waals surface area (Å²) in [6, 6.07) is 13.2. The Labute approximate surface area is 182 Å². The van der Waals surface area contributed by atoms with Gasteiger partial charge in [-0.15, -0.1) is 28.2 Å². The zero-order valence-corrected chi connectivity index (χ0v) is 18.4. The SMILES string of the molecule is O=C(Nc1nnc(CSc2ccccc2)o1)C1CCN(S(=O)(=O)c2cccs2)CC1. The fourth-order valence-corrected chi connectivity index (χ4v) is 6.50. The number of carbonyl (C=O) groups is 1. The standard InChI is InChI=1S/C19H20N4O4S3/c24-18(14-8-10-23(11-9-14)30(25,26)17-7-4-12-28-17)20-19-22-21-16(27-19)13-29-15-5-2-1-3-6-15/h1-7,12,14H,8-11,13H2,(H,20,22,24). The Bertz CT molecular complexity index is 1080. The summed E-state index contributed by atoms with van der Waals surface area (Å²) in [6.07, 6.45) is 0.891. The molecule has 0 aliphatic carbocycles. The number of hydrogen-bond donors (Lipinski definition) is 1. The van der Waals surface area contributed by atoms with E-state index in [4.69, 9.17) is 4.42 Å². The Balaban J connectivity index is 1.28. The lowest BCUT2D eigenvalue weighted by atomic mass is 9.97. The van der Waals surface area contributed by atoms with Gasteiger partial charge in [-0.05, 0) is 36.4 Å². The first-order valence-corrected chi connectivity index (χ1v) is 12.7. The summed E-state index contributed by atoms with van der Waals surface area (Å²) in [5, 5.41) is 12.2. The molecule has 1 aliphatic heterocycles. The van der Waals surface area contributed by atoms with Gasteiger partial charge in [-0.2, -0.15) is 4.31 Å². The van der Waals surface area contributed by atoms with E-state index in [2.05, 4.69) is 15.5 Å². The van der Waals surface area contributed by atoms with Crippen LogP contribution in [0.1, 0.15) is 18.7 Å². The van der Waals surface area contributed by atoms with Gasteiger partial charge in [-0.1, -0.05) is 29.4 Å². The Morgan fingerprint density at radius 3 is 2.63 bits per heavy atom. The number of carbonyl (C=O) groups excluding carboxylic acids is 1. The highest BCUT2D eigenvalue weighted by Crippen LogP contribution is 2.27. The Kier molecular flexibility index (Phi) is 6.52. The Morgan fingerprint density at radius 2 is 1.93 bits per heavy atom. The fourth-order valence-electron chi connectivity index (χ4n) is 3.13. The average Bonchev–Trinajstić information content (AvgIpc) is 3.46. The second-order valence-electron chi connectivity index (χ2n) is 6.70. The molecule has 4 rings (SSSR count). The molecule has 8 nitrogen and oxygen atoms in total. The molecule has 3 heterocycles. The summed E-state index contributed by atoms with van der Waals surface area (Å²) in [6.45, 7) is 0.613. The van der Waals surface area contributed by atoms with E-state index in [9.17, 15) is 13.2 Å². The van der Waals surface area contributed by atoms with E-state index in [1.807, 2.05) is 30.3 Å². The predicted octanol–water partition coefficient (Wildman–Crippen LogP) is 3.46. The van der Waals surface area contributed by atoms with Crippen molar-refractivity contribution in [1.29, 1.82) is 0 Å². The van der Waals surface area contributed by atoms with E-state index in [1.54, 1.807) is 29.3 Å². The number of nitrogens with one attached hydrogen (secondary N) is 1. The molecule has 1 saturated heterocycles. The average molecular weight is 465 g/mol. The number of amides is 1. The molecule has 0 spiro atoms. The lowest BCUT2D eigenvalue weighted by Crippen LogP contribution is -2.41. The number of nitrogens with zero attached hydrogens (tertiary/aromatic N) is 3. The number of thioether (sulfide) groups is 1. The minimum Gasteiger partial charge on any atom is -0.407 e. The van der Waals surface area contributed by atoms with Gasteiger partial charge < -0.3 is 4.42 Å². The normalized spacial score (nSPS) is 15.9. The van der Waals surface area contributed by atoms with Crippen LogP contribution in [-0.2, 0) is 20.6 Å². The molecule has 1 aliphatic rings. The molecule has 1 aromatic carbocycles. The van der Waals surface area contributed by atoms with Gasteiger partial charge in [-0.3, -0.25) is 10.1 Å². The first-order valence-electron chi connectivity index (χ1n) is 9.37. The third-order valence-electron chi connectivity index (χ3n) is 4.72. The summed E-state index contributed by atoms with van der Waals surface area (Å²) < 4.78 is 32.4. The maximum atomic E-state index is 12.6. The van der Waals surface area contributed by atoms with Crippen LogP contribution in [0.2, 0.25) is 0 Å². The van der Waals surface area contributed by atoms with Crippen molar-refractivity contribution in [3.8, 4) is 0 Å². The molecule has 0 saturated carbocycles. The highest BCUT2D eigenvalue weighted by molar-refractivity contribution is 7.98. The van der Waals surface area contributed by atoms with Crippen LogP contribution in [0, 0.1) is 5.92 Å². The molecule has 0 atom stereocenters. The van der Waals surface area contributed by atoms with Crippen molar-refractivity contribution in [1.82, 2.24) is 14.5 Å². The van der Waals surface area contributed by atoms with E-state index in [1.165, 1.54) is 15.6 Å². The van der Waals surface area contributed by atoms with Gasteiger partial charge >= 0.3 is 6.01 Å². The number of benzene rings is 1. The number of rotatable bonds is 7. The Morgan fingerprint density at radius 1 is 1.17 bits per heavy atom. The van der Waals surface area contributed by atoms with Crippen molar-refractivity contribution in [2.24, 2.45) is 5.92 Å². The maximum Gasteiger partial charge on any atom is 0.322 e. The third-order valence-corrected chi connectivity index (χ3v) is 8.98. The predicted molar refractivity (Wildman–Crippen MR) is 115 cm³/mol. The van der Waals surface area contributed by atoms with Crippen LogP contribution in [0.15, 0.2) is 61.4 Å². The summed E-state index contributed by atoms with van der Waals surface area (Å²) >= 11 is 2.76. The minimum atomic E-state index is -3.48. The molecule has 1 N–H and O–H groups in total. The molecule has 0 unspecified atom stereocenters. The van der Waals surface area contributed by atoms with E-state index in [0.717, 1.165) is 4.90 Å². The van der Waals surface area contributed by atoms with Gasteiger partial charge in [-0.25, -0.2) is 8.42 Å². The monoisotopic (exact) mass is 464 g/mol. The van der Waals surface area contributed by atoms with E-state index < -0.39 is 10.0 Å². The maximum absolute atomic E-state index is 12.6.